The van der Waals surface area contributed by atoms with Crippen LogP contribution in [0.5, 0.6) is 0 Å². The molecule has 0 amide bonds. The van der Waals surface area contributed by atoms with Gasteiger partial charge in [-0.3, -0.25) is 0 Å². The smallest absolute Gasteiger partial charge is 0.338 e. The van der Waals surface area contributed by atoms with Crippen LogP contribution in [0.3, 0.4) is 0 Å². The number of allylic oxidation sites excluding steroid dienone is 2. The number of esters is 1. The lowest BCUT2D eigenvalue weighted by Crippen LogP contribution is -2.09. The fourth-order valence-corrected chi connectivity index (χ4v) is 4.28. The highest BCUT2D eigenvalue weighted by molar-refractivity contribution is 7.15. The van der Waals surface area contributed by atoms with E-state index in [9.17, 15) is 4.79 Å². The second kappa shape index (κ2) is 21.0. The van der Waals surface area contributed by atoms with E-state index in [1.807, 2.05) is 24.3 Å². The van der Waals surface area contributed by atoms with E-state index in [1.54, 1.807) is 0 Å². The summed E-state index contributed by atoms with van der Waals surface area (Å²) in [6.45, 7) is 11.2. The Hall–Kier alpha value is -1.84. The van der Waals surface area contributed by atoms with Crippen molar-refractivity contribution in [2.45, 2.75) is 72.4 Å². The molecule has 212 valence electrons. The van der Waals surface area contributed by atoms with Crippen molar-refractivity contribution in [1.82, 2.24) is 0 Å². The first-order chi connectivity index (χ1) is 18.7. The van der Waals surface area contributed by atoms with Gasteiger partial charge in [-0.15, -0.1) is 27.7 Å². The molecule has 0 N–H and O–H groups in total. The molecule has 0 aliphatic heterocycles. The molecule has 4 atom stereocenters. The van der Waals surface area contributed by atoms with Crippen LogP contribution in [-0.4, -0.2) is 12.6 Å². The molecular formula is C34H49O2P3. The van der Waals surface area contributed by atoms with Gasteiger partial charge in [-0.25, -0.2) is 4.79 Å². The van der Waals surface area contributed by atoms with E-state index in [2.05, 4.69) is 117 Å². The van der Waals surface area contributed by atoms with E-state index in [0.29, 0.717) is 18.1 Å². The number of carbonyl (C=O) groups is 1. The molecule has 3 rings (SSSR count). The maximum absolute atomic E-state index is 11.9. The molecular weight excluding hydrogens is 533 g/mol. The Morgan fingerprint density at radius 3 is 1.51 bits per heavy atom. The Labute approximate surface area is 245 Å². The Morgan fingerprint density at radius 1 is 0.718 bits per heavy atom. The minimum absolute atomic E-state index is 0.221. The van der Waals surface area contributed by atoms with Crippen LogP contribution in [0.4, 0.5) is 0 Å². The lowest BCUT2D eigenvalue weighted by atomic mass is 10.0. The summed E-state index contributed by atoms with van der Waals surface area (Å²) in [4.78, 5) is 11.9. The van der Waals surface area contributed by atoms with Gasteiger partial charge in [0, 0.05) is 0 Å². The lowest BCUT2D eigenvalue weighted by molar-refractivity contribution is 0.0484. The minimum atomic E-state index is -0.221. The van der Waals surface area contributed by atoms with Gasteiger partial charge in [-0.05, 0) is 100 Å². The van der Waals surface area contributed by atoms with Gasteiger partial charge in [0.05, 0.1) is 12.2 Å². The molecule has 39 heavy (non-hydrogen) atoms. The first kappa shape index (κ1) is 35.2. The zero-order valence-corrected chi connectivity index (χ0v) is 28.0. The number of ether oxygens (including phenoxy) is 1. The highest BCUT2D eigenvalue weighted by Crippen LogP contribution is 2.14. The number of benzene rings is 3. The summed E-state index contributed by atoms with van der Waals surface area (Å²) in [7, 11) is 8.09. The van der Waals surface area contributed by atoms with Crippen LogP contribution in [0.2, 0.25) is 0 Å². The predicted molar refractivity (Wildman–Crippen MR) is 182 cm³/mol. The quantitative estimate of drug-likeness (QED) is 0.135. The topological polar surface area (TPSA) is 26.3 Å². The van der Waals surface area contributed by atoms with Crippen LogP contribution in [0.15, 0.2) is 84.4 Å². The summed E-state index contributed by atoms with van der Waals surface area (Å²) in [5.41, 5.74) is 8.62. The van der Waals surface area contributed by atoms with Crippen LogP contribution in [0.1, 0.15) is 78.2 Å². The molecule has 0 aliphatic carbocycles. The van der Waals surface area contributed by atoms with Crippen molar-refractivity contribution in [2.75, 3.05) is 6.61 Å². The third-order valence-electron chi connectivity index (χ3n) is 6.19. The average molecular weight is 583 g/mol. The van der Waals surface area contributed by atoms with Crippen molar-refractivity contribution in [2.24, 2.45) is 5.92 Å². The van der Waals surface area contributed by atoms with Gasteiger partial charge < -0.3 is 4.74 Å². The third kappa shape index (κ3) is 16.8. The number of aryl methyl sites for hydroxylation is 2. The fraction of sp³-hybridized carbons (Fsp3) is 0.382. The Kier molecular flexibility index (Phi) is 18.9. The second-order valence-electron chi connectivity index (χ2n) is 10.2. The number of rotatable bonds is 10. The monoisotopic (exact) mass is 582 g/mol. The molecule has 0 saturated carbocycles. The molecule has 0 spiro atoms. The van der Waals surface area contributed by atoms with Crippen molar-refractivity contribution in [3.63, 3.8) is 0 Å². The second-order valence-corrected chi connectivity index (χ2v) is 11.4. The number of hydrogen-bond acceptors (Lipinski definition) is 2. The molecule has 0 radical (unpaired) electrons. The van der Waals surface area contributed by atoms with Crippen LogP contribution in [0.25, 0.3) is 0 Å². The first-order valence-electron chi connectivity index (χ1n) is 13.8. The van der Waals surface area contributed by atoms with Gasteiger partial charge in [0.2, 0.25) is 0 Å². The normalized spacial score (nSPS) is 10.8. The van der Waals surface area contributed by atoms with E-state index in [4.69, 9.17) is 4.74 Å². The maximum atomic E-state index is 11.9. The van der Waals surface area contributed by atoms with Gasteiger partial charge in [-0.2, -0.15) is 0 Å². The third-order valence-corrected chi connectivity index (χ3v) is 7.61. The van der Waals surface area contributed by atoms with Gasteiger partial charge in [-0.1, -0.05) is 90.4 Å². The molecule has 0 aromatic heterocycles. The molecule has 3 aromatic rings. The first-order valence-corrected chi connectivity index (χ1v) is 16.2. The van der Waals surface area contributed by atoms with Crippen molar-refractivity contribution < 1.29 is 9.53 Å². The minimum Gasteiger partial charge on any atom is -0.462 e. The molecule has 0 heterocycles. The molecule has 4 unspecified atom stereocenters. The van der Waals surface area contributed by atoms with Crippen LogP contribution < -0.4 is 0 Å². The SMILES string of the molecule is CC(C)=CCCC(C)CCOC(=O)c1ccc(CP)cc1.Cc1ccc(CP)cc1.Cc1ccc(CP)cc1. The Balaban J connectivity index is 0.000000344. The Morgan fingerprint density at radius 2 is 1.13 bits per heavy atom. The molecule has 0 fully saturated rings. The molecule has 0 saturated heterocycles. The predicted octanol–water partition coefficient (Wildman–Crippen LogP) is 9.73. The fourth-order valence-electron chi connectivity index (χ4n) is 3.46. The molecule has 0 aliphatic rings. The standard InChI is InChI=1S/C18H27O2P.2C8H11P/c1-14(2)5-4-6-15(3)11-12-20-18(19)17-9-7-16(13-21)8-10-17;2*1-7-2-4-8(6-9)5-3-7/h5,7-10,15H,4,6,11-13,21H2,1-3H3;2*2-5H,6,9H2,1H3. The van der Waals surface area contributed by atoms with E-state index < -0.39 is 0 Å². The summed E-state index contributed by atoms with van der Waals surface area (Å²) in [5.74, 6) is 0.356. The van der Waals surface area contributed by atoms with Crippen molar-refractivity contribution in [3.05, 3.63) is 118 Å². The summed E-state index contributed by atoms with van der Waals surface area (Å²) < 4.78 is 5.34. The van der Waals surface area contributed by atoms with Gasteiger partial charge >= 0.3 is 5.97 Å². The zero-order chi connectivity index (χ0) is 29.0. The van der Waals surface area contributed by atoms with Gasteiger partial charge in [0.15, 0.2) is 0 Å². The van der Waals surface area contributed by atoms with Crippen LogP contribution in [0, 0.1) is 19.8 Å². The highest BCUT2D eigenvalue weighted by atomic mass is 31.0. The van der Waals surface area contributed by atoms with Crippen LogP contribution in [-0.2, 0) is 23.2 Å². The van der Waals surface area contributed by atoms with Crippen molar-refractivity contribution in [3.8, 4) is 0 Å². The van der Waals surface area contributed by atoms with E-state index in [0.717, 1.165) is 37.7 Å². The summed E-state index contributed by atoms with van der Waals surface area (Å²) in [6, 6.07) is 24.8. The summed E-state index contributed by atoms with van der Waals surface area (Å²) >= 11 is 0. The molecule has 5 heteroatoms. The summed E-state index contributed by atoms with van der Waals surface area (Å²) in [6.07, 6.45) is 8.45. The van der Waals surface area contributed by atoms with Gasteiger partial charge in [0.25, 0.3) is 0 Å². The molecule has 2 nitrogen and oxygen atoms in total. The van der Waals surface area contributed by atoms with Gasteiger partial charge in [0.1, 0.15) is 0 Å². The van der Waals surface area contributed by atoms with Crippen molar-refractivity contribution in [1.29, 1.82) is 0 Å². The average Bonchev–Trinajstić information content (AvgIpc) is 2.94. The largest absolute Gasteiger partial charge is 0.462 e. The molecule has 3 aromatic carbocycles. The van der Waals surface area contributed by atoms with E-state index in [1.165, 1.54) is 33.4 Å². The Bertz CT molecular complexity index is 1040. The lowest BCUT2D eigenvalue weighted by Gasteiger charge is -2.11. The van der Waals surface area contributed by atoms with Crippen LogP contribution >= 0.6 is 27.7 Å². The number of hydrogen-bond donors (Lipinski definition) is 0. The number of carbonyl (C=O) groups excluding carboxylic acids is 1. The summed E-state index contributed by atoms with van der Waals surface area (Å²) in [5, 5.41) is 0. The highest BCUT2D eigenvalue weighted by Gasteiger charge is 2.08. The van der Waals surface area contributed by atoms with E-state index >= 15 is 0 Å². The maximum Gasteiger partial charge on any atom is 0.338 e. The van der Waals surface area contributed by atoms with Crippen molar-refractivity contribution >= 4 is 33.7 Å². The zero-order valence-electron chi connectivity index (χ0n) is 24.6. The van der Waals surface area contributed by atoms with E-state index in [-0.39, 0.29) is 5.97 Å². The molecule has 0 bridgehead atoms.